The molecule has 5 heteroatoms. The lowest BCUT2D eigenvalue weighted by molar-refractivity contribution is 0.0955. The van der Waals surface area contributed by atoms with Crippen molar-refractivity contribution >= 4 is 23.5 Å². The SMILES string of the molecule is Nc1cccc(/C=N/NC(=O)c2ccc(-c3cccc(N)c3)cc2)c1. The Morgan fingerprint density at radius 3 is 2.20 bits per heavy atom. The van der Waals surface area contributed by atoms with Gasteiger partial charge in [0, 0.05) is 16.9 Å². The van der Waals surface area contributed by atoms with Crippen LogP contribution in [0.5, 0.6) is 0 Å². The van der Waals surface area contributed by atoms with Gasteiger partial charge in [0.25, 0.3) is 5.91 Å². The standard InChI is InChI=1S/C20H18N4O/c21-18-5-1-3-14(11-18)13-23-24-20(25)16-9-7-15(8-10-16)17-4-2-6-19(22)12-17/h1-13H,21-22H2,(H,24,25)/b23-13+. The molecule has 1 amide bonds. The van der Waals surface area contributed by atoms with Gasteiger partial charge in [0.1, 0.15) is 0 Å². The third kappa shape index (κ3) is 4.23. The number of amides is 1. The van der Waals surface area contributed by atoms with Crippen molar-refractivity contribution < 1.29 is 4.79 Å². The number of hydrogen-bond donors (Lipinski definition) is 3. The van der Waals surface area contributed by atoms with Crippen LogP contribution in [0.1, 0.15) is 15.9 Å². The Kier molecular flexibility index (Phi) is 4.76. The van der Waals surface area contributed by atoms with Crippen molar-refractivity contribution in [3.8, 4) is 11.1 Å². The maximum Gasteiger partial charge on any atom is 0.271 e. The highest BCUT2D eigenvalue weighted by Gasteiger charge is 2.05. The van der Waals surface area contributed by atoms with Crippen LogP contribution in [0.2, 0.25) is 0 Å². The average molecular weight is 330 g/mol. The Balaban J connectivity index is 1.66. The highest BCUT2D eigenvalue weighted by molar-refractivity contribution is 5.95. The van der Waals surface area contributed by atoms with Crippen LogP contribution in [-0.4, -0.2) is 12.1 Å². The zero-order chi connectivity index (χ0) is 17.6. The number of nitrogens with two attached hydrogens (primary N) is 2. The first-order valence-electron chi connectivity index (χ1n) is 7.77. The predicted octanol–water partition coefficient (Wildman–Crippen LogP) is 3.28. The number of hydrogen-bond acceptors (Lipinski definition) is 4. The third-order valence-corrected chi connectivity index (χ3v) is 3.66. The van der Waals surface area contributed by atoms with Crippen molar-refractivity contribution in [3.05, 3.63) is 83.9 Å². The maximum atomic E-state index is 12.1. The second-order valence-corrected chi connectivity index (χ2v) is 5.57. The molecule has 0 heterocycles. The van der Waals surface area contributed by atoms with Crippen LogP contribution in [0, 0.1) is 0 Å². The van der Waals surface area contributed by atoms with Crippen LogP contribution in [0.25, 0.3) is 11.1 Å². The lowest BCUT2D eigenvalue weighted by Gasteiger charge is -2.05. The lowest BCUT2D eigenvalue weighted by atomic mass is 10.0. The van der Waals surface area contributed by atoms with Gasteiger partial charge in [-0.1, -0.05) is 36.4 Å². The van der Waals surface area contributed by atoms with E-state index in [4.69, 9.17) is 11.5 Å². The van der Waals surface area contributed by atoms with Crippen LogP contribution < -0.4 is 16.9 Å². The summed E-state index contributed by atoms with van der Waals surface area (Å²) in [6.45, 7) is 0. The van der Waals surface area contributed by atoms with Crippen molar-refractivity contribution in [3.63, 3.8) is 0 Å². The Morgan fingerprint density at radius 1 is 0.840 bits per heavy atom. The fraction of sp³-hybridized carbons (Fsp3) is 0. The number of carbonyl (C=O) groups is 1. The van der Waals surface area contributed by atoms with Crippen molar-refractivity contribution in [2.24, 2.45) is 5.10 Å². The largest absolute Gasteiger partial charge is 0.399 e. The van der Waals surface area contributed by atoms with E-state index in [9.17, 15) is 4.79 Å². The van der Waals surface area contributed by atoms with Gasteiger partial charge in [0.15, 0.2) is 0 Å². The summed E-state index contributed by atoms with van der Waals surface area (Å²) in [5.74, 6) is -0.278. The van der Waals surface area contributed by atoms with Crippen LogP contribution in [-0.2, 0) is 0 Å². The number of hydrazone groups is 1. The van der Waals surface area contributed by atoms with Gasteiger partial charge in [-0.15, -0.1) is 0 Å². The van der Waals surface area contributed by atoms with E-state index in [0.29, 0.717) is 16.9 Å². The molecule has 0 saturated heterocycles. The van der Waals surface area contributed by atoms with Gasteiger partial charge in [-0.2, -0.15) is 5.10 Å². The van der Waals surface area contributed by atoms with Crippen molar-refractivity contribution in [1.82, 2.24) is 5.43 Å². The van der Waals surface area contributed by atoms with E-state index in [2.05, 4.69) is 10.5 Å². The molecule has 0 radical (unpaired) electrons. The molecule has 0 aliphatic rings. The van der Waals surface area contributed by atoms with E-state index < -0.39 is 0 Å². The molecular formula is C20H18N4O. The number of rotatable bonds is 4. The topological polar surface area (TPSA) is 93.5 Å². The number of carbonyl (C=O) groups excluding carboxylic acids is 1. The summed E-state index contributed by atoms with van der Waals surface area (Å²) in [5.41, 5.74) is 18.7. The van der Waals surface area contributed by atoms with Gasteiger partial charge in [-0.25, -0.2) is 5.43 Å². The highest BCUT2D eigenvalue weighted by atomic mass is 16.2. The fourth-order valence-electron chi connectivity index (χ4n) is 2.40. The molecule has 0 fully saturated rings. The van der Waals surface area contributed by atoms with E-state index in [0.717, 1.165) is 16.7 Å². The molecule has 0 aliphatic heterocycles. The third-order valence-electron chi connectivity index (χ3n) is 3.66. The van der Waals surface area contributed by atoms with Crippen LogP contribution in [0.15, 0.2) is 77.9 Å². The van der Waals surface area contributed by atoms with Crippen LogP contribution in [0.3, 0.4) is 0 Å². The highest BCUT2D eigenvalue weighted by Crippen LogP contribution is 2.21. The molecule has 5 N–H and O–H groups in total. The first kappa shape index (κ1) is 16.3. The van der Waals surface area contributed by atoms with E-state index in [1.807, 2.05) is 48.5 Å². The first-order chi connectivity index (χ1) is 12.1. The van der Waals surface area contributed by atoms with Crippen molar-refractivity contribution in [1.29, 1.82) is 0 Å². The van der Waals surface area contributed by atoms with E-state index >= 15 is 0 Å². The van der Waals surface area contributed by atoms with Gasteiger partial charge in [-0.05, 0) is 53.1 Å². The van der Waals surface area contributed by atoms with E-state index in [1.54, 1.807) is 30.5 Å². The summed E-state index contributed by atoms with van der Waals surface area (Å²) in [4.78, 5) is 12.1. The summed E-state index contributed by atoms with van der Waals surface area (Å²) in [7, 11) is 0. The minimum absolute atomic E-state index is 0.278. The number of anilines is 2. The molecular weight excluding hydrogens is 312 g/mol. The summed E-state index contributed by atoms with van der Waals surface area (Å²) in [6.07, 6.45) is 1.55. The predicted molar refractivity (Wildman–Crippen MR) is 102 cm³/mol. The second-order valence-electron chi connectivity index (χ2n) is 5.57. The van der Waals surface area contributed by atoms with Crippen molar-refractivity contribution in [2.75, 3.05) is 11.5 Å². The lowest BCUT2D eigenvalue weighted by Crippen LogP contribution is -2.17. The summed E-state index contributed by atoms with van der Waals surface area (Å²) < 4.78 is 0. The molecule has 0 spiro atoms. The van der Waals surface area contributed by atoms with Crippen LogP contribution in [0.4, 0.5) is 11.4 Å². The molecule has 0 saturated carbocycles. The van der Waals surface area contributed by atoms with E-state index in [-0.39, 0.29) is 5.91 Å². The Labute approximate surface area is 146 Å². The van der Waals surface area contributed by atoms with Gasteiger partial charge in [0.2, 0.25) is 0 Å². The van der Waals surface area contributed by atoms with Gasteiger partial charge >= 0.3 is 0 Å². The Hall–Kier alpha value is -3.60. The fourth-order valence-corrected chi connectivity index (χ4v) is 2.40. The second kappa shape index (κ2) is 7.31. The van der Waals surface area contributed by atoms with Gasteiger partial charge in [-0.3, -0.25) is 4.79 Å². The Morgan fingerprint density at radius 2 is 1.52 bits per heavy atom. The molecule has 0 bridgehead atoms. The molecule has 5 nitrogen and oxygen atoms in total. The summed E-state index contributed by atoms with van der Waals surface area (Å²) in [6, 6.07) is 22.1. The minimum atomic E-state index is -0.278. The average Bonchev–Trinajstić information content (AvgIpc) is 2.62. The van der Waals surface area contributed by atoms with Gasteiger partial charge < -0.3 is 11.5 Å². The van der Waals surface area contributed by atoms with Crippen molar-refractivity contribution in [2.45, 2.75) is 0 Å². The molecule has 124 valence electrons. The zero-order valence-electron chi connectivity index (χ0n) is 13.5. The molecule has 0 unspecified atom stereocenters. The molecule has 3 aromatic rings. The number of nitrogen functional groups attached to an aromatic ring is 2. The smallest absolute Gasteiger partial charge is 0.271 e. The maximum absolute atomic E-state index is 12.1. The quantitative estimate of drug-likeness (QED) is 0.389. The van der Waals surface area contributed by atoms with Crippen LogP contribution >= 0.6 is 0 Å². The number of nitrogens with one attached hydrogen (secondary N) is 1. The summed E-state index contributed by atoms with van der Waals surface area (Å²) in [5, 5.41) is 3.95. The summed E-state index contributed by atoms with van der Waals surface area (Å²) >= 11 is 0. The molecule has 3 rings (SSSR count). The molecule has 0 aliphatic carbocycles. The molecule has 25 heavy (non-hydrogen) atoms. The monoisotopic (exact) mass is 330 g/mol. The molecule has 3 aromatic carbocycles. The zero-order valence-corrected chi connectivity index (χ0v) is 13.5. The first-order valence-corrected chi connectivity index (χ1v) is 7.77. The minimum Gasteiger partial charge on any atom is -0.399 e. The number of benzene rings is 3. The van der Waals surface area contributed by atoms with Gasteiger partial charge in [0.05, 0.1) is 6.21 Å². The Bertz CT molecular complexity index is 917. The molecule has 0 aromatic heterocycles. The number of nitrogens with zero attached hydrogens (tertiary/aromatic N) is 1. The van der Waals surface area contributed by atoms with E-state index in [1.165, 1.54) is 0 Å². The normalized spacial score (nSPS) is 10.7. The molecule has 0 atom stereocenters.